The number of aryl methyl sites for hydroxylation is 2. The summed E-state index contributed by atoms with van der Waals surface area (Å²) in [6.45, 7) is 2.98. The van der Waals surface area contributed by atoms with Gasteiger partial charge in [0.25, 0.3) is 6.43 Å². The molecule has 0 unspecified atom stereocenters. The van der Waals surface area contributed by atoms with Gasteiger partial charge in [-0.15, -0.1) is 0 Å². The SMILES string of the molecule is Cc1cc(O)c(C)nc1C(F)F. The van der Waals surface area contributed by atoms with Gasteiger partial charge in [0.15, 0.2) is 0 Å². The maximum atomic E-state index is 12.2. The molecule has 0 saturated heterocycles. The van der Waals surface area contributed by atoms with Crippen LogP contribution in [0.2, 0.25) is 0 Å². The maximum absolute atomic E-state index is 12.2. The standard InChI is InChI=1S/C8H9F2NO/c1-4-3-6(12)5(2)11-7(4)8(9)10/h3,8,12H,1-2H3. The van der Waals surface area contributed by atoms with Crippen LogP contribution in [-0.4, -0.2) is 10.1 Å². The molecule has 1 N–H and O–H groups in total. The predicted octanol–water partition coefficient (Wildman–Crippen LogP) is 2.34. The average Bonchev–Trinajstić information content (AvgIpc) is 1.96. The van der Waals surface area contributed by atoms with Gasteiger partial charge in [-0.1, -0.05) is 0 Å². The van der Waals surface area contributed by atoms with E-state index in [9.17, 15) is 8.78 Å². The van der Waals surface area contributed by atoms with Crippen LogP contribution in [0.3, 0.4) is 0 Å². The van der Waals surface area contributed by atoms with Gasteiger partial charge in [-0.05, 0) is 25.5 Å². The molecule has 0 aliphatic rings. The monoisotopic (exact) mass is 173 g/mol. The first-order chi connectivity index (χ1) is 5.52. The third-order valence-electron chi connectivity index (χ3n) is 1.62. The van der Waals surface area contributed by atoms with E-state index in [1.165, 1.54) is 19.9 Å². The van der Waals surface area contributed by atoms with Crippen LogP contribution in [0, 0.1) is 13.8 Å². The number of halogens is 2. The number of aromatic nitrogens is 1. The number of rotatable bonds is 1. The highest BCUT2D eigenvalue weighted by atomic mass is 19.3. The van der Waals surface area contributed by atoms with Gasteiger partial charge < -0.3 is 5.11 Å². The summed E-state index contributed by atoms with van der Waals surface area (Å²) < 4.78 is 24.4. The van der Waals surface area contributed by atoms with Crippen molar-refractivity contribution in [3.05, 3.63) is 23.0 Å². The fraction of sp³-hybridized carbons (Fsp3) is 0.375. The van der Waals surface area contributed by atoms with Crippen LogP contribution in [0.4, 0.5) is 8.78 Å². The molecule has 0 aromatic carbocycles. The Labute approximate surface area is 68.9 Å². The van der Waals surface area contributed by atoms with Crippen LogP contribution < -0.4 is 0 Å². The molecule has 1 aromatic heterocycles. The van der Waals surface area contributed by atoms with Crippen LogP contribution in [0.25, 0.3) is 0 Å². The van der Waals surface area contributed by atoms with Gasteiger partial charge in [-0.3, -0.25) is 0 Å². The lowest BCUT2D eigenvalue weighted by Crippen LogP contribution is -1.96. The first-order valence-corrected chi connectivity index (χ1v) is 3.47. The molecule has 1 rings (SSSR count). The summed E-state index contributed by atoms with van der Waals surface area (Å²) in [6, 6.07) is 1.30. The summed E-state index contributed by atoms with van der Waals surface area (Å²) in [5.74, 6) is -0.0445. The lowest BCUT2D eigenvalue weighted by molar-refractivity contribution is 0.145. The molecule has 1 aromatic rings. The molecule has 66 valence electrons. The Balaban J connectivity index is 3.23. The van der Waals surface area contributed by atoms with E-state index >= 15 is 0 Å². The molecular formula is C8H9F2NO. The fourth-order valence-electron chi connectivity index (χ4n) is 0.930. The summed E-state index contributed by atoms with van der Waals surface area (Å²) in [7, 11) is 0. The molecule has 0 spiro atoms. The van der Waals surface area contributed by atoms with Crippen molar-refractivity contribution in [1.29, 1.82) is 0 Å². The minimum Gasteiger partial charge on any atom is -0.506 e. The smallest absolute Gasteiger partial charge is 0.280 e. The first-order valence-electron chi connectivity index (χ1n) is 3.47. The van der Waals surface area contributed by atoms with E-state index in [4.69, 9.17) is 5.11 Å². The Morgan fingerprint density at radius 1 is 1.42 bits per heavy atom. The van der Waals surface area contributed by atoms with Gasteiger partial charge in [0.2, 0.25) is 0 Å². The van der Waals surface area contributed by atoms with Gasteiger partial charge >= 0.3 is 0 Å². The molecule has 0 aliphatic heterocycles. The van der Waals surface area contributed by atoms with E-state index < -0.39 is 6.43 Å². The Bertz CT molecular complexity index is 299. The summed E-state index contributed by atoms with van der Waals surface area (Å²) in [4.78, 5) is 3.57. The Morgan fingerprint density at radius 2 is 2.00 bits per heavy atom. The summed E-state index contributed by atoms with van der Waals surface area (Å²) in [5, 5.41) is 9.10. The minimum atomic E-state index is -2.58. The van der Waals surface area contributed by atoms with Crippen molar-refractivity contribution in [3.63, 3.8) is 0 Å². The second-order valence-electron chi connectivity index (χ2n) is 2.60. The number of alkyl halides is 2. The Morgan fingerprint density at radius 3 is 2.50 bits per heavy atom. The molecular weight excluding hydrogens is 164 g/mol. The molecule has 0 amide bonds. The summed E-state index contributed by atoms with van der Waals surface area (Å²) in [6.07, 6.45) is -2.58. The summed E-state index contributed by atoms with van der Waals surface area (Å²) in [5.41, 5.74) is 0.286. The third-order valence-corrected chi connectivity index (χ3v) is 1.62. The van der Waals surface area contributed by atoms with Gasteiger partial charge in [0.05, 0.1) is 5.69 Å². The molecule has 0 saturated carbocycles. The van der Waals surface area contributed by atoms with E-state index in [1.807, 2.05) is 0 Å². The average molecular weight is 173 g/mol. The molecule has 0 atom stereocenters. The van der Waals surface area contributed by atoms with Gasteiger partial charge in [-0.25, -0.2) is 13.8 Å². The lowest BCUT2D eigenvalue weighted by atomic mass is 10.2. The first kappa shape index (κ1) is 8.90. The van der Waals surface area contributed by atoms with E-state index in [-0.39, 0.29) is 17.1 Å². The van der Waals surface area contributed by atoms with Crippen LogP contribution in [0.1, 0.15) is 23.4 Å². The predicted molar refractivity (Wildman–Crippen MR) is 40.3 cm³/mol. The molecule has 0 aliphatic carbocycles. The van der Waals surface area contributed by atoms with Gasteiger partial charge in [0, 0.05) is 0 Å². The highest BCUT2D eigenvalue weighted by molar-refractivity contribution is 5.33. The fourth-order valence-corrected chi connectivity index (χ4v) is 0.930. The number of hydrogen-bond donors (Lipinski definition) is 1. The second-order valence-corrected chi connectivity index (χ2v) is 2.60. The third kappa shape index (κ3) is 1.52. The van der Waals surface area contributed by atoms with E-state index in [0.29, 0.717) is 5.56 Å². The van der Waals surface area contributed by atoms with Crippen molar-refractivity contribution in [2.24, 2.45) is 0 Å². The van der Waals surface area contributed by atoms with Crippen molar-refractivity contribution in [2.75, 3.05) is 0 Å². The quantitative estimate of drug-likeness (QED) is 0.707. The molecule has 2 nitrogen and oxygen atoms in total. The second kappa shape index (κ2) is 3.05. The zero-order chi connectivity index (χ0) is 9.30. The number of aromatic hydroxyl groups is 1. The van der Waals surface area contributed by atoms with Crippen molar-refractivity contribution in [3.8, 4) is 5.75 Å². The van der Waals surface area contributed by atoms with E-state index in [1.54, 1.807) is 0 Å². The molecule has 0 bridgehead atoms. The van der Waals surface area contributed by atoms with Crippen molar-refractivity contribution >= 4 is 0 Å². The minimum absolute atomic E-state index is 0.0445. The molecule has 4 heteroatoms. The van der Waals surface area contributed by atoms with Crippen LogP contribution in [0.5, 0.6) is 5.75 Å². The van der Waals surface area contributed by atoms with Gasteiger partial charge in [-0.2, -0.15) is 0 Å². The van der Waals surface area contributed by atoms with Gasteiger partial charge in [0.1, 0.15) is 11.4 Å². The highest BCUT2D eigenvalue weighted by Gasteiger charge is 2.13. The van der Waals surface area contributed by atoms with Crippen LogP contribution in [-0.2, 0) is 0 Å². The Kier molecular flexibility index (Phi) is 2.26. The highest BCUT2D eigenvalue weighted by Crippen LogP contribution is 2.24. The topological polar surface area (TPSA) is 33.1 Å². The normalized spacial score (nSPS) is 10.8. The zero-order valence-corrected chi connectivity index (χ0v) is 6.81. The largest absolute Gasteiger partial charge is 0.506 e. The van der Waals surface area contributed by atoms with Crippen molar-refractivity contribution in [2.45, 2.75) is 20.3 Å². The molecule has 0 radical (unpaired) electrons. The lowest BCUT2D eigenvalue weighted by Gasteiger charge is -2.05. The van der Waals surface area contributed by atoms with Crippen molar-refractivity contribution < 1.29 is 13.9 Å². The molecule has 0 fully saturated rings. The Hall–Kier alpha value is -1.19. The van der Waals surface area contributed by atoms with E-state index in [0.717, 1.165) is 0 Å². The maximum Gasteiger partial charge on any atom is 0.280 e. The number of hydrogen-bond acceptors (Lipinski definition) is 2. The molecule has 12 heavy (non-hydrogen) atoms. The van der Waals surface area contributed by atoms with Crippen molar-refractivity contribution in [1.82, 2.24) is 4.98 Å². The summed E-state index contributed by atoms with van der Waals surface area (Å²) >= 11 is 0. The zero-order valence-electron chi connectivity index (χ0n) is 6.81. The van der Waals surface area contributed by atoms with Crippen LogP contribution >= 0.6 is 0 Å². The molecule has 1 heterocycles. The van der Waals surface area contributed by atoms with Crippen LogP contribution in [0.15, 0.2) is 6.07 Å². The van der Waals surface area contributed by atoms with E-state index in [2.05, 4.69) is 4.98 Å². The number of nitrogens with zero attached hydrogens (tertiary/aromatic N) is 1. The number of pyridine rings is 1.